The zero-order valence-electron chi connectivity index (χ0n) is 12.7. The van der Waals surface area contributed by atoms with Gasteiger partial charge in [0.2, 0.25) is 0 Å². The molecule has 4 nitrogen and oxygen atoms in total. The molecule has 0 aliphatic carbocycles. The van der Waals surface area contributed by atoms with Crippen LogP contribution in [0.2, 0.25) is 5.02 Å². The molecule has 2 heterocycles. The van der Waals surface area contributed by atoms with Crippen LogP contribution in [0.15, 0.2) is 41.0 Å². The van der Waals surface area contributed by atoms with Crippen molar-refractivity contribution in [3.63, 3.8) is 0 Å². The number of aromatic nitrogens is 2. The molecule has 3 aromatic rings. The summed E-state index contributed by atoms with van der Waals surface area (Å²) < 4.78 is 2.75. The van der Waals surface area contributed by atoms with Gasteiger partial charge in [-0.3, -0.25) is 9.20 Å². The summed E-state index contributed by atoms with van der Waals surface area (Å²) in [6.07, 6.45) is 2.44. The average Bonchev–Trinajstić information content (AvgIpc) is 2.87. The van der Waals surface area contributed by atoms with E-state index in [1.165, 1.54) is 0 Å². The molecule has 0 aliphatic rings. The van der Waals surface area contributed by atoms with Crippen LogP contribution in [0.1, 0.15) is 28.7 Å². The molecule has 3 rings (SSSR count). The third kappa shape index (κ3) is 3.12. The molecular weight excluding hydrogens is 378 g/mol. The number of nitrogens with one attached hydrogen (secondary N) is 1. The first-order valence-corrected chi connectivity index (χ1v) is 8.40. The number of aryl methyl sites for hydroxylation is 2. The molecule has 1 aromatic carbocycles. The van der Waals surface area contributed by atoms with Gasteiger partial charge in [-0.25, -0.2) is 4.98 Å². The van der Waals surface area contributed by atoms with E-state index >= 15 is 0 Å². The lowest BCUT2D eigenvalue weighted by Crippen LogP contribution is -2.16. The van der Waals surface area contributed by atoms with Crippen LogP contribution in [0, 0.1) is 6.92 Å². The number of carbonyl (C=O) groups is 1. The zero-order valence-corrected chi connectivity index (χ0v) is 15.1. The Morgan fingerprint density at radius 2 is 2.13 bits per heavy atom. The SMILES string of the molecule is CCc1nc2cc(Cl)ccn2c1C(=O)Nc1ccc(Br)cc1C. The number of hydrogen-bond donors (Lipinski definition) is 1. The van der Waals surface area contributed by atoms with Crippen LogP contribution in [0.5, 0.6) is 0 Å². The summed E-state index contributed by atoms with van der Waals surface area (Å²) >= 11 is 9.43. The van der Waals surface area contributed by atoms with Crippen molar-refractivity contribution in [1.82, 2.24) is 9.38 Å². The Labute approximate surface area is 147 Å². The van der Waals surface area contributed by atoms with Gasteiger partial charge in [0, 0.05) is 27.4 Å². The number of nitrogens with zero attached hydrogens (tertiary/aromatic N) is 2. The lowest BCUT2D eigenvalue weighted by atomic mass is 10.2. The third-order valence-corrected chi connectivity index (χ3v) is 4.38. The fraction of sp³-hybridized carbons (Fsp3) is 0.176. The van der Waals surface area contributed by atoms with E-state index in [0.29, 0.717) is 22.8 Å². The molecule has 0 radical (unpaired) electrons. The molecule has 0 aliphatic heterocycles. The smallest absolute Gasteiger partial charge is 0.274 e. The van der Waals surface area contributed by atoms with Crippen LogP contribution < -0.4 is 5.32 Å². The second kappa shape index (κ2) is 6.34. The third-order valence-electron chi connectivity index (χ3n) is 3.65. The molecule has 1 N–H and O–H groups in total. The van der Waals surface area contributed by atoms with Gasteiger partial charge >= 0.3 is 0 Å². The summed E-state index contributed by atoms with van der Waals surface area (Å²) in [5, 5.41) is 3.57. The van der Waals surface area contributed by atoms with Gasteiger partial charge in [-0.15, -0.1) is 0 Å². The molecule has 1 amide bonds. The number of carbonyl (C=O) groups excluding carboxylic acids is 1. The van der Waals surface area contributed by atoms with Gasteiger partial charge in [-0.2, -0.15) is 0 Å². The first-order chi connectivity index (χ1) is 11.0. The Bertz CT molecular complexity index is 904. The highest BCUT2D eigenvalue weighted by atomic mass is 79.9. The molecule has 0 fully saturated rings. The summed E-state index contributed by atoms with van der Waals surface area (Å²) in [5.74, 6) is -0.179. The monoisotopic (exact) mass is 391 g/mol. The minimum absolute atomic E-state index is 0.179. The molecule has 23 heavy (non-hydrogen) atoms. The number of anilines is 1. The molecule has 0 bridgehead atoms. The van der Waals surface area contributed by atoms with Gasteiger partial charge in [-0.1, -0.05) is 34.5 Å². The van der Waals surface area contributed by atoms with Gasteiger partial charge in [0.05, 0.1) is 5.69 Å². The van der Waals surface area contributed by atoms with Crippen molar-refractivity contribution in [2.45, 2.75) is 20.3 Å². The highest BCUT2D eigenvalue weighted by Crippen LogP contribution is 2.22. The van der Waals surface area contributed by atoms with Crippen LogP contribution in [-0.4, -0.2) is 15.3 Å². The van der Waals surface area contributed by atoms with Crippen molar-refractivity contribution < 1.29 is 4.79 Å². The van der Waals surface area contributed by atoms with Crippen LogP contribution in [0.25, 0.3) is 5.65 Å². The summed E-state index contributed by atoms with van der Waals surface area (Å²) in [6.45, 7) is 3.93. The molecule has 0 unspecified atom stereocenters. The van der Waals surface area contributed by atoms with E-state index in [-0.39, 0.29) is 5.91 Å². The molecule has 0 saturated carbocycles. The molecule has 6 heteroatoms. The minimum Gasteiger partial charge on any atom is -0.320 e. The zero-order chi connectivity index (χ0) is 16.6. The first-order valence-electron chi connectivity index (χ1n) is 7.23. The van der Waals surface area contributed by atoms with E-state index in [1.54, 1.807) is 22.7 Å². The quantitative estimate of drug-likeness (QED) is 0.691. The van der Waals surface area contributed by atoms with Gasteiger partial charge in [0.1, 0.15) is 11.3 Å². The number of amides is 1. The highest BCUT2D eigenvalue weighted by molar-refractivity contribution is 9.10. The van der Waals surface area contributed by atoms with Crippen molar-refractivity contribution in [2.75, 3.05) is 5.32 Å². The summed E-state index contributed by atoms with van der Waals surface area (Å²) in [7, 11) is 0. The van der Waals surface area contributed by atoms with E-state index in [1.807, 2.05) is 32.0 Å². The molecule has 0 atom stereocenters. The van der Waals surface area contributed by atoms with E-state index in [4.69, 9.17) is 11.6 Å². The summed E-state index contributed by atoms with van der Waals surface area (Å²) in [5.41, 5.74) is 3.74. The number of imidazole rings is 1. The Morgan fingerprint density at radius 1 is 1.35 bits per heavy atom. The first kappa shape index (κ1) is 16.0. The highest BCUT2D eigenvalue weighted by Gasteiger charge is 2.19. The molecule has 0 spiro atoms. The molecular formula is C17H15BrClN3O. The summed E-state index contributed by atoms with van der Waals surface area (Å²) in [4.78, 5) is 17.3. The average molecular weight is 393 g/mol. The molecule has 0 saturated heterocycles. The van der Waals surface area contributed by atoms with Crippen LogP contribution in [0.3, 0.4) is 0 Å². The predicted octanol–water partition coefficient (Wildman–Crippen LogP) is 4.87. The van der Waals surface area contributed by atoms with Gasteiger partial charge < -0.3 is 5.32 Å². The van der Waals surface area contributed by atoms with Crippen LogP contribution in [0.4, 0.5) is 5.69 Å². The van der Waals surface area contributed by atoms with Crippen molar-refractivity contribution in [3.8, 4) is 0 Å². The van der Waals surface area contributed by atoms with E-state index in [2.05, 4.69) is 26.2 Å². The maximum atomic E-state index is 12.8. The summed E-state index contributed by atoms with van der Waals surface area (Å²) in [6, 6.07) is 9.24. The normalized spacial score (nSPS) is 11.0. The van der Waals surface area contributed by atoms with Gasteiger partial charge in [-0.05, 0) is 43.2 Å². The number of fused-ring (bicyclic) bond motifs is 1. The second-order valence-corrected chi connectivity index (χ2v) is 6.60. The Kier molecular flexibility index (Phi) is 4.41. The van der Waals surface area contributed by atoms with E-state index in [0.717, 1.165) is 21.4 Å². The van der Waals surface area contributed by atoms with Crippen molar-refractivity contribution in [1.29, 1.82) is 0 Å². The van der Waals surface area contributed by atoms with E-state index < -0.39 is 0 Å². The van der Waals surface area contributed by atoms with Crippen LogP contribution >= 0.6 is 27.5 Å². The van der Waals surface area contributed by atoms with E-state index in [9.17, 15) is 4.79 Å². The number of rotatable bonds is 3. The van der Waals surface area contributed by atoms with Crippen molar-refractivity contribution >= 4 is 44.8 Å². The Morgan fingerprint density at radius 3 is 2.83 bits per heavy atom. The Hall–Kier alpha value is -1.85. The number of pyridine rings is 1. The van der Waals surface area contributed by atoms with Gasteiger partial charge in [0.15, 0.2) is 0 Å². The number of halogens is 2. The predicted molar refractivity (Wildman–Crippen MR) is 96.4 cm³/mol. The lowest BCUT2D eigenvalue weighted by Gasteiger charge is -2.09. The van der Waals surface area contributed by atoms with Gasteiger partial charge in [0.25, 0.3) is 5.91 Å². The Balaban J connectivity index is 2.03. The standard InChI is InChI=1S/C17H15BrClN3O/c1-3-13-16(22-7-6-12(19)9-15(22)20-13)17(23)21-14-5-4-11(18)8-10(14)2/h4-9H,3H2,1-2H3,(H,21,23). The molecule has 2 aromatic heterocycles. The molecule has 118 valence electrons. The largest absolute Gasteiger partial charge is 0.320 e. The fourth-order valence-electron chi connectivity index (χ4n) is 2.50. The van der Waals surface area contributed by atoms with Crippen molar-refractivity contribution in [3.05, 3.63) is 63.0 Å². The maximum Gasteiger partial charge on any atom is 0.274 e. The topological polar surface area (TPSA) is 46.4 Å². The number of hydrogen-bond acceptors (Lipinski definition) is 2. The minimum atomic E-state index is -0.179. The fourth-order valence-corrected chi connectivity index (χ4v) is 3.13. The number of benzene rings is 1. The van der Waals surface area contributed by atoms with Crippen molar-refractivity contribution in [2.24, 2.45) is 0 Å². The lowest BCUT2D eigenvalue weighted by molar-refractivity contribution is 0.102. The second-order valence-electron chi connectivity index (χ2n) is 5.25. The van der Waals surface area contributed by atoms with Crippen LogP contribution in [-0.2, 0) is 6.42 Å². The maximum absolute atomic E-state index is 12.8.